The molecule has 4 aliphatic rings. The van der Waals surface area contributed by atoms with E-state index >= 15 is 0 Å². The Labute approximate surface area is 252 Å². The number of carbonyl (C=O) groups excluding carboxylic acids is 2. The van der Waals surface area contributed by atoms with Crippen molar-refractivity contribution in [3.8, 4) is 0 Å². The van der Waals surface area contributed by atoms with E-state index in [-0.39, 0.29) is 43.0 Å². The monoisotopic (exact) mass is 614 g/mol. The fraction of sp³-hybridized carbons (Fsp3) is 0.667. The molecule has 11 nitrogen and oxygen atoms in total. The molecule has 2 saturated carbocycles. The van der Waals surface area contributed by atoms with Gasteiger partial charge in [0.1, 0.15) is 5.69 Å². The number of ether oxygens (including phenoxy) is 1. The Balaban J connectivity index is 1.26. The molecule has 3 aromatic heterocycles. The molecule has 2 amide bonds. The Morgan fingerprint density at radius 2 is 1.86 bits per heavy atom. The molecule has 4 fully saturated rings. The normalized spacial score (nSPS) is 26.1. The summed E-state index contributed by atoms with van der Waals surface area (Å²) < 4.78 is 49.9. The average Bonchev–Trinajstić information content (AvgIpc) is 3.34. The highest BCUT2D eigenvalue weighted by Gasteiger charge is 2.48. The fourth-order valence-electron chi connectivity index (χ4n) is 7.48. The molecule has 2 aliphatic heterocycles. The molecule has 2 aliphatic carbocycles. The van der Waals surface area contributed by atoms with Gasteiger partial charge in [-0.25, -0.2) is 14.5 Å². The number of nitrogens with one attached hydrogen (secondary N) is 2. The second kappa shape index (κ2) is 11.4. The third-order valence-corrected chi connectivity index (χ3v) is 9.95. The number of amides is 2. The predicted molar refractivity (Wildman–Crippen MR) is 151 cm³/mol. The number of rotatable bonds is 8. The van der Waals surface area contributed by atoms with Gasteiger partial charge >= 0.3 is 6.18 Å². The quantitative estimate of drug-likeness (QED) is 0.397. The van der Waals surface area contributed by atoms with Gasteiger partial charge in [0.25, 0.3) is 11.7 Å². The summed E-state index contributed by atoms with van der Waals surface area (Å²) in [6.45, 7) is 3.36. The highest BCUT2D eigenvalue weighted by atomic mass is 19.4. The number of alkyl halides is 3. The molecule has 14 heteroatoms. The van der Waals surface area contributed by atoms with Gasteiger partial charge < -0.3 is 15.4 Å². The molecule has 2 N–H and O–H groups in total. The maximum absolute atomic E-state index is 13.6. The van der Waals surface area contributed by atoms with Gasteiger partial charge in [-0.2, -0.15) is 23.4 Å². The van der Waals surface area contributed by atoms with Crippen molar-refractivity contribution < 1.29 is 27.5 Å². The molecule has 2 saturated heterocycles. The van der Waals surface area contributed by atoms with Crippen LogP contribution in [-0.2, 0) is 29.0 Å². The summed E-state index contributed by atoms with van der Waals surface area (Å²) in [5.74, 6) is -1.17. The van der Waals surface area contributed by atoms with Crippen LogP contribution in [0.25, 0.3) is 5.78 Å². The minimum absolute atomic E-state index is 0.00178. The Hall–Kier alpha value is -3.55. The van der Waals surface area contributed by atoms with Gasteiger partial charge in [-0.1, -0.05) is 0 Å². The summed E-state index contributed by atoms with van der Waals surface area (Å²) in [5, 5.41) is 14.7. The predicted octanol–water partition coefficient (Wildman–Crippen LogP) is 3.54. The van der Waals surface area contributed by atoms with E-state index in [1.165, 1.54) is 6.42 Å². The Bertz CT molecular complexity index is 1550. The topological polar surface area (TPSA) is 128 Å². The molecule has 4 atom stereocenters. The number of fused-ring (bicyclic) bond motifs is 2. The number of carbonyl (C=O) groups is 2. The molecule has 0 radical (unpaired) electrons. The first-order valence-corrected chi connectivity index (χ1v) is 15.7. The number of halogens is 3. The first-order valence-electron chi connectivity index (χ1n) is 15.7. The summed E-state index contributed by atoms with van der Waals surface area (Å²) in [6.07, 6.45) is 1.61. The van der Waals surface area contributed by atoms with Crippen LogP contribution in [0.15, 0.2) is 12.3 Å². The van der Waals surface area contributed by atoms with Gasteiger partial charge in [-0.15, -0.1) is 0 Å². The van der Waals surface area contributed by atoms with Crippen LogP contribution >= 0.6 is 0 Å². The number of hydrogen-bond acceptors (Lipinski definition) is 7. The van der Waals surface area contributed by atoms with E-state index in [0.29, 0.717) is 73.0 Å². The number of aryl methyl sites for hydroxylation is 1. The summed E-state index contributed by atoms with van der Waals surface area (Å²) in [6, 6.07) is 1.67. The molecule has 7 rings (SSSR count). The van der Waals surface area contributed by atoms with E-state index in [2.05, 4.69) is 15.7 Å². The second-order valence-electron chi connectivity index (χ2n) is 12.7. The van der Waals surface area contributed by atoms with Crippen molar-refractivity contribution in [3.05, 3.63) is 40.7 Å². The van der Waals surface area contributed by atoms with E-state index in [4.69, 9.17) is 19.8 Å². The van der Waals surface area contributed by atoms with E-state index in [1.807, 2.05) is 6.92 Å². The van der Waals surface area contributed by atoms with E-state index in [0.717, 1.165) is 18.5 Å². The van der Waals surface area contributed by atoms with Crippen molar-refractivity contribution in [2.24, 2.45) is 23.7 Å². The first kappa shape index (κ1) is 29.2. The van der Waals surface area contributed by atoms with Gasteiger partial charge in [0.15, 0.2) is 0 Å². The highest BCUT2D eigenvalue weighted by molar-refractivity contribution is 5.92. The Morgan fingerprint density at radius 3 is 2.59 bits per heavy atom. The third kappa shape index (κ3) is 5.56. The third-order valence-electron chi connectivity index (χ3n) is 9.95. The number of hydrogen-bond donors (Lipinski definition) is 2. The molecule has 236 valence electrons. The van der Waals surface area contributed by atoms with Crippen LogP contribution < -0.4 is 10.6 Å². The fourth-order valence-corrected chi connectivity index (χ4v) is 7.48. The van der Waals surface area contributed by atoms with Crippen molar-refractivity contribution >= 4 is 17.6 Å². The van der Waals surface area contributed by atoms with Crippen molar-refractivity contribution in [2.75, 3.05) is 19.8 Å². The zero-order valence-corrected chi connectivity index (χ0v) is 24.6. The lowest BCUT2D eigenvalue weighted by molar-refractivity contribution is -0.183. The SMILES string of the molecule is CCn1nccc1C(=O)NCc1nc2nc(C3CCOCC3)c(C[C@H]3C[C@@H](C(F)(F)F)CNC3=O)nn2c1C1C[C@@H]2C[C@H]2C1. The van der Waals surface area contributed by atoms with Crippen molar-refractivity contribution in [3.63, 3.8) is 0 Å². The highest BCUT2D eigenvalue weighted by Crippen LogP contribution is 2.57. The second-order valence-corrected chi connectivity index (χ2v) is 12.7. The summed E-state index contributed by atoms with van der Waals surface area (Å²) >= 11 is 0. The number of nitrogens with zero attached hydrogens (tertiary/aromatic N) is 6. The van der Waals surface area contributed by atoms with E-state index in [9.17, 15) is 22.8 Å². The largest absolute Gasteiger partial charge is 0.393 e. The molecule has 0 spiro atoms. The molecular weight excluding hydrogens is 577 g/mol. The van der Waals surface area contributed by atoms with Gasteiger partial charge in [0.2, 0.25) is 5.91 Å². The van der Waals surface area contributed by atoms with E-state index < -0.39 is 24.6 Å². The number of imidazole rings is 1. The van der Waals surface area contributed by atoms with Crippen molar-refractivity contribution in [1.82, 2.24) is 40.0 Å². The lowest BCUT2D eigenvalue weighted by atomic mass is 9.84. The van der Waals surface area contributed by atoms with E-state index in [1.54, 1.807) is 21.5 Å². The number of piperidine rings is 1. The molecule has 0 bridgehead atoms. The van der Waals surface area contributed by atoms with Crippen molar-refractivity contribution in [1.29, 1.82) is 0 Å². The van der Waals surface area contributed by atoms with Crippen molar-refractivity contribution in [2.45, 2.75) is 83.0 Å². The van der Waals surface area contributed by atoms with Crippen LogP contribution in [0.1, 0.15) is 90.5 Å². The van der Waals surface area contributed by atoms with Crippen LogP contribution in [0.4, 0.5) is 13.2 Å². The summed E-state index contributed by atoms with van der Waals surface area (Å²) in [5.41, 5.74) is 3.26. The van der Waals surface area contributed by atoms with Crippen LogP contribution in [0, 0.1) is 23.7 Å². The molecular formula is C30H37F3N8O3. The smallest absolute Gasteiger partial charge is 0.381 e. The maximum atomic E-state index is 13.6. The zero-order valence-electron chi connectivity index (χ0n) is 24.6. The maximum Gasteiger partial charge on any atom is 0.393 e. The van der Waals surface area contributed by atoms with Crippen LogP contribution in [0.5, 0.6) is 0 Å². The lowest BCUT2D eigenvalue weighted by Crippen LogP contribution is -2.47. The van der Waals surface area contributed by atoms with Crippen LogP contribution in [0.2, 0.25) is 0 Å². The molecule has 0 aromatic carbocycles. The zero-order chi connectivity index (χ0) is 30.6. The minimum atomic E-state index is -4.39. The lowest BCUT2D eigenvalue weighted by Gasteiger charge is -2.31. The summed E-state index contributed by atoms with van der Waals surface area (Å²) in [7, 11) is 0. The average molecular weight is 615 g/mol. The molecule has 5 heterocycles. The Morgan fingerprint density at radius 1 is 1.09 bits per heavy atom. The molecule has 0 unspecified atom stereocenters. The van der Waals surface area contributed by atoms with Gasteiger partial charge in [-0.3, -0.25) is 14.3 Å². The standard InChI is InChI=1S/C30H37F3N8O3/c1-2-40-24(3-6-36-40)28(43)35-15-23-26(19-10-17-9-18(17)11-19)41-29(37-23)38-25(16-4-7-44-8-5-16)22(39-41)13-20-12-21(30(31,32)33)14-34-27(20)42/h3,6,16-21H,2,4-5,7-15H2,1H3,(H,34,42)(H,35,43)/t17-,18-,20+,21+/m0/s1. The first-order chi connectivity index (χ1) is 21.2. The molecule has 3 aromatic rings. The summed E-state index contributed by atoms with van der Waals surface area (Å²) in [4.78, 5) is 35.8. The van der Waals surface area contributed by atoms with Crippen LogP contribution in [-0.4, -0.2) is 67.1 Å². The van der Waals surface area contributed by atoms with Gasteiger partial charge in [0, 0.05) is 56.7 Å². The Kier molecular flexibility index (Phi) is 7.58. The minimum Gasteiger partial charge on any atom is -0.381 e. The van der Waals surface area contributed by atoms with Gasteiger partial charge in [0.05, 0.1) is 35.2 Å². The molecule has 44 heavy (non-hydrogen) atoms. The number of aromatic nitrogens is 6. The van der Waals surface area contributed by atoms with Crippen LogP contribution in [0.3, 0.4) is 0 Å². The van der Waals surface area contributed by atoms with Gasteiger partial charge in [-0.05, 0) is 63.4 Å².